The Hall–Kier alpha value is -9.19. The van der Waals surface area contributed by atoms with Gasteiger partial charge in [0.2, 0.25) is 0 Å². The highest BCUT2D eigenvalue weighted by atomic mass is 16.3. The molecule has 13 aromatic rings. The zero-order chi connectivity index (χ0) is 45.5. The van der Waals surface area contributed by atoms with Gasteiger partial charge in [-0.05, 0) is 98.1 Å². The molecule has 5 nitrogen and oxygen atoms in total. The summed E-state index contributed by atoms with van der Waals surface area (Å²) in [5.41, 5.74) is 17.0. The first kappa shape index (κ1) is 39.0. The van der Waals surface area contributed by atoms with Crippen molar-refractivity contribution in [3.05, 3.63) is 259 Å². The lowest BCUT2D eigenvalue weighted by atomic mass is 9.67. The van der Waals surface area contributed by atoms with Crippen LogP contribution >= 0.6 is 0 Å². The molecule has 3 heterocycles. The van der Waals surface area contributed by atoms with Crippen LogP contribution in [0.25, 0.3) is 111 Å². The molecule has 0 saturated carbocycles. The second-order valence-electron chi connectivity index (χ2n) is 17.8. The predicted molar refractivity (Wildman–Crippen MR) is 279 cm³/mol. The van der Waals surface area contributed by atoms with Crippen LogP contribution in [0, 0.1) is 0 Å². The zero-order valence-electron chi connectivity index (χ0n) is 37.2. The van der Waals surface area contributed by atoms with Gasteiger partial charge in [-0.3, -0.25) is 0 Å². The third kappa shape index (κ3) is 6.07. The molecular weight excluding hydrogens is 843 g/mol. The molecule has 0 unspecified atom stereocenters. The Labute approximate surface area is 397 Å². The van der Waals surface area contributed by atoms with E-state index in [4.69, 9.17) is 23.8 Å². The van der Waals surface area contributed by atoms with E-state index in [1.807, 2.05) is 36.4 Å². The molecule has 0 aliphatic heterocycles. The summed E-state index contributed by atoms with van der Waals surface area (Å²) in [7, 11) is 0. The largest absolute Gasteiger partial charge is 0.456 e. The minimum absolute atomic E-state index is 0.543. The molecule has 1 aliphatic carbocycles. The molecule has 0 fully saturated rings. The molecule has 1 aliphatic rings. The van der Waals surface area contributed by atoms with Crippen LogP contribution in [0.2, 0.25) is 0 Å². The molecular formula is C64H39N3O2. The summed E-state index contributed by atoms with van der Waals surface area (Å²) in [4.78, 5) is 16.1. The summed E-state index contributed by atoms with van der Waals surface area (Å²) in [6.07, 6.45) is 0. The van der Waals surface area contributed by atoms with E-state index in [2.05, 4.69) is 200 Å². The Morgan fingerprint density at radius 3 is 1.52 bits per heavy atom. The summed E-state index contributed by atoms with van der Waals surface area (Å²) >= 11 is 0. The van der Waals surface area contributed by atoms with Crippen molar-refractivity contribution < 1.29 is 8.83 Å². The maximum Gasteiger partial charge on any atom is 0.164 e. The van der Waals surface area contributed by atoms with Crippen molar-refractivity contribution in [1.29, 1.82) is 0 Å². The summed E-state index contributed by atoms with van der Waals surface area (Å²) in [6.45, 7) is 0. The molecule has 322 valence electrons. The highest BCUT2D eigenvalue weighted by Crippen LogP contribution is 2.56. The summed E-state index contributed by atoms with van der Waals surface area (Å²) in [5, 5.41) is 4.04. The van der Waals surface area contributed by atoms with Gasteiger partial charge in [0.1, 0.15) is 22.3 Å². The smallest absolute Gasteiger partial charge is 0.164 e. The molecule has 0 bridgehead atoms. The molecule has 0 amide bonds. The monoisotopic (exact) mass is 881 g/mol. The van der Waals surface area contributed by atoms with E-state index in [0.717, 1.165) is 77.3 Å². The Balaban J connectivity index is 0.974. The molecule has 69 heavy (non-hydrogen) atoms. The van der Waals surface area contributed by atoms with Gasteiger partial charge in [-0.15, -0.1) is 0 Å². The van der Waals surface area contributed by atoms with E-state index in [1.165, 1.54) is 38.9 Å². The number of aromatic nitrogens is 3. The van der Waals surface area contributed by atoms with Gasteiger partial charge < -0.3 is 8.83 Å². The summed E-state index contributed by atoms with van der Waals surface area (Å²) in [5.74, 6) is 1.65. The topological polar surface area (TPSA) is 65.0 Å². The fourth-order valence-corrected chi connectivity index (χ4v) is 11.0. The van der Waals surface area contributed by atoms with Gasteiger partial charge in [0.25, 0.3) is 0 Å². The lowest BCUT2D eigenvalue weighted by molar-refractivity contribution is 0.668. The van der Waals surface area contributed by atoms with Crippen LogP contribution < -0.4 is 0 Å². The fourth-order valence-electron chi connectivity index (χ4n) is 11.0. The molecule has 0 saturated heterocycles. The van der Waals surface area contributed by atoms with Crippen LogP contribution in [0.4, 0.5) is 0 Å². The SMILES string of the molecule is c1ccc(-c2ccccc2-c2ccc3c(c2)oc2cccc(-c4nc(-c5cccc(C6(c7ccccc7)c7ccccc7-c7ccccc76)c5)nc(-c5ccc6c(c5)oc5ccccc56)n4)c23)cc1. The Morgan fingerprint density at radius 2 is 0.754 bits per heavy atom. The van der Waals surface area contributed by atoms with E-state index in [-0.39, 0.29) is 0 Å². The zero-order valence-corrected chi connectivity index (χ0v) is 37.2. The number of benzene rings is 10. The van der Waals surface area contributed by atoms with Crippen molar-refractivity contribution in [1.82, 2.24) is 15.0 Å². The van der Waals surface area contributed by atoms with Crippen LogP contribution in [0.3, 0.4) is 0 Å². The van der Waals surface area contributed by atoms with Gasteiger partial charge in [0.15, 0.2) is 17.5 Å². The molecule has 0 spiro atoms. The minimum atomic E-state index is -0.586. The molecule has 5 heteroatoms. The average Bonchev–Trinajstić information content (AvgIpc) is 4.09. The highest BCUT2D eigenvalue weighted by molar-refractivity contribution is 6.13. The molecule has 0 radical (unpaired) electrons. The Morgan fingerprint density at radius 1 is 0.275 bits per heavy atom. The lowest BCUT2D eigenvalue weighted by Gasteiger charge is -2.34. The molecule has 0 N–H and O–H groups in total. The number of hydrogen-bond acceptors (Lipinski definition) is 5. The van der Waals surface area contributed by atoms with E-state index < -0.39 is 5.41 Å². The van der Waals surface area contributed by atoms with Gasteiger partial charge in [-0.2, -0.15) is 0 Å². The van der Waals surface area contributed by atoms with Crippen molar-refractivity contribution >= 4 is 43.9 Å². The minimum Gasteiger partial charge on any atom is -0.456 e. The van der Waals surface area contributed by atoms with Gasteiger partial charge in [0, 0.05) is 38.2 Å². The summed E-state index contributed by atoms with van der Waals surface area (Å²) in [6, 6.07) is 83.4. The lowest BCUT2D eigenvalue weighted by Crippen LogP contribution is -2.28. The van der Waals surface area contributed by atoms with Crippen LogP contribution in [0.1, 0.15) is 22.3 Å². The summed E-state index contributed by atoms with van der Waals surface area (Å²) < 4.78 is 13.1. The normalized spacial score (nSPS) is 12.8. The number of para-hydroxylation sites is 1. The number of fused-ring (bicyclic) bond motifs is 9. The van der Waals surface area contributed by atoms with E-state index in [9.17, 15) is 0 Å². The van der Waals surface area contributed by atoms with Crippen LogP contribution in [-0.4, -0.2) is 15.0 Å². The highest BCUT2D eigenvalue weighted by Gasteiger charge is 2.46. The van der Waals surface area contributed by atoms with E-state index in [1.54, 1.807) is 0 Å². The second-order valence-corrected chi connectivity index (χ2v) is 17.8. The van der Waals surface area contributed by atoms with Crippen LogP contribution in [0.15, 0.2) is 245 Å². The first-order valence-corrected chi connectivity index (χ1v) is 23.3. The van der Waals surface area contributed by atoms with Crippen molar-refractivity contribution in [2.75, 3.05) is 0 Å². The number of furan rings is 2. The van der Waals surface area contributed by atoms with E-state index in [0.29, 0.717) is 17.5 Å². The third-order valence-electron chi connectivity index (χ3n) is 14.0. The predicted octanol–water partition coefficient (Wildman–Crippen LogP) is 16.4. The van der Waals surface area contributed by atoms with Crippen molar-refractivity contribution in [3.63, 3.8) is 0 Å². The number of nitrogens with zero attached hydrogens (tertiary/aromatic N) is 3. The maximum atomic E-state index is 6.73. The first-order chi connectivity index (χ1) is 34.2. The second kappa shape index (κ2) is 15.4. The Kier molecular flexibility index (Phi) is 8.73. The van der Waals surface area contributed by atoms with E-state index >= 15 is 0 Å². The van der Waals surface area contributed by atoms with Crippen molar-refractivity contribution in [2.24, 2.45) is 0 Å². The Bertz CT molecular complexity index is 4110. The first-order valence-electron chi connectivity index (χ1n) is 23.3. The number of rotatable bonds is 7. The molecule has 0 atom stereocenters. The molecule has 14 rings (SSSR count). The maximum absolute atomic E-state index is 6.73. The van der Waals surface area contributed by atoms with Gasteiger partial charge in [0.05, 0.1) is 5.41 Å². The fraction of sp³-hybridized carbons (Fsp3) is 0.0156. The van der Waals surface area contributed by atoms with Gasteiger partial charge >= 0.3 is 0 Å². The standard InChI is InChI=1S/C64H39N3O2/c1-3-17-40(18-4-1)46-23-7-8-24-47(46)41-33-36-52-59(38-41)69-57-32-16-28-53(60(52)57)63-66-61(65-62(67-63)43-34-35-51-50-27-11-14-31-56(50)68-58(51)39-43)42-19-15-22-45(37-42)64(44-20-5-2-6-21-44)54-29-12-9-25-48(54)49-26-10-13-30-55(49)64/h1-39H. The average molecular weight is 882 g/mol. The van der Waals surface area contributed by atoms with Gasteiger partial charge in [-0.1, -0.05) is 194 Å². The third-order valence-corrected chi connectivity index (χ3v) is 14.0. The van der Waals surface area contributed by atoms with Crippen LogP contribution in [0.5, 0.6) is 0 Å². The quantitative estimate of drug-likeness (QED) is 0.160. The molecule has 3 aromatic heterocycles. The van der Waals surface area contributed by atoms with Crippen molar-refractivity contribution in [2.45, 2.75) is 5.41 Å². The number of hydrogen-bond donors (Lipinski definition) is 0. The van der Waals surface area contributed by atoms with Crippen LogP contribution in [-0.2, 0) is 5.41 Å². The van der Waals surface area contributed by atoms with Crippen molar-refractivity contribution in [3.8, 4) is 67.5 Å². The molecule has 10 aromatic carbocycles. The van der Waals surface area contributed by atoms with Gasteiger partial charge in [-0.25, -0.2) is 15.0 Å².